The number of aliphatic hydroxyl groups excluding tert-OH is 1. The fourth-order valence-electron chi connectivity index (χ4n) is 3.72. The molecule has 0 aromatic heterocycles. The van der Waals surface area contributed by atoms with E-state index in [1.54, 1.807) is 12.2 Å². The largest absolute Gasteiger partial charge is 0.463 e. The summed E-state index contributed by atoms with van der Waals surface area (Å²) in [5, 5.41) is 15.5. The Balaban J connectivity index is 2.02. The lowest BCUT2D eigenvalue weighted by Gasteiger charge is -2.23. The predicted molar refractivity (Wildman–Crippen MR) is 140 cm³/mol. The van der Waals surface area contributed by atoms with Gasteiger partial charge in [-0.1, -0.05) is 72.8 Å². The Morgan fingerprint density at radius 1 is 0.944 bits per heavy atom. The monoisotopic (exact) mass is 492 g/mol. The highest BCUT2D eigenvalue weighted by molar-refractivity contribution is 5.86. The first-order valence-electron chi connectivity index (χ1n) is 12.1. The summed E-state index contributed by atoms with van der Waals surface area (Å²) in [6.07, 6.45) is 4.67. The highest BCUT2D eigenvalue weighted by Gasteiger charge is 2.25. The van der Waals surface area contributed by atoms with Crippen LogP contribution in [0.1, 0.15) is 42.9 Å². The van der Waals surface area contributed by atoms with Gasteiger partial charge in [0.15, 0.2) is 0 Å². The van der Waals surface area contributed by atoms with Crippen molar-refractivity contribution in [3.05, 3.63) is 97.1 Å². The Labute approximate surface area is 213 Å². The zero-order valence-corrected chi connectivity index (χ0v) is 20.6. The molecule has 0 aliphatic heterocycles. The molecular weight excluding hydrogens is 456 g/mol. The number of ether oxygens (including phenoxy) is 1. The molecule has 0 aliphatic rings. The van der Waals surface area contributed by atoms with Crippen molar-refractivity contribution in [1.29, 1.82) is 0 Å². The molecule has 0 saturated heterocycles. The number of rotatable bonds is 16. The lowest BCUT2D eigenvalue weighted by atomic mass is 9.98. The molecule has 192 valence electrons. The minimum Gasteiger partial charge on any atom is -0.463 e. The molecule has 2 aromatic carbocycles. The van der Waals surface area contributed by atoms with Crippen LogP contribution in [0, 0.1) is 5.92 Å². The molecule has 0 fully saturated rings. The summed E-state index contributed by atoms with van der Waals surface area (Å²) in [7, 11) is 0. The van der Waals surface area contributed by atoms with Crippen LogP contribution in [-0.4, -0.2) is 42.1 Å². The summed E-state index contributed by atoms with van der Waals surface area (Å²) in [6, 6.07) is 17.7. The van der Waals surface area contributed by atoms with Crippen LogP contribution in [0.15, 0.2) is 86.0 Å². The van der Waals surface area contributed by atoms with Crippen molar-refractivity contribution in [2.75, 3.05) is 13.2 Å². The lowest BCUT2D eigenvalue weighted by Crippen LogP contribution is -2.42. The van der Waals surface area contributed by atoms with Gasteiger partial charge in [0.1, 0.15) is 6.61 Å². The van der Waals surface area contributed by atoms with Crippen molar-refractivity contribution >= 4 is 17.8 Å². The summed E-state index contributed by atoms with van der Waals surface area (Å²) in [5.41, 5.74) is 1.78. The summed E-state index contributed by atoms with van der Waals surface area (Å²) in [6.45, 7) is 7.08. The van der Waals surface area contributed by atoms with Gasteiger partial charge in [0, 0.05) is 12.8 Å². The van der Waals surface area contributed by atoms with E-state index in [1.165, 1.54) is 0 Å². The summed E-state index contributed by atoms with van der Waals surface area (Å²) in [4.78, 5) is 37.9. The second-order valence-corrected chi connectivity index (χ2v) is 8.54. The van der Waals surface area contributed by atoms with Crippen LogP contribution in [0.5, 0.6) is 0 Å². The maximum Gasteiger partial charge on any atom is 0.306 e. The number of esters is 1. The Morgan fingerprint density at radius 3 is 2.22 bits per heavy atom. The molecule has 0 aliphatic carbocycles. The van der Waals surface area contributed by atoms with E-state index in [-0.39, 0.29) is 43.8 Å². The van der Waals surface area contributed by atoms with E-state index < -0.39 is 18.0 Å². The quantitative estimate of drug-likeness (QED) is 0.245. The first-order valence-corrected chi connectivity index (χ1v) is 12.1. The molecule has 0 radical (unpaired) electrons. The maximum absolute atomic E-state index is 13.2. The molecule has 7 heteroatoms. The van der Waals surface area contributed by atoms with Gasteiger partial charge in [0.05, 0.1) is 24.6 Å². The van der Waals surface area contributed by atoms with Crippen molar-refractivity contribution in [3.8, 4) is 0 Å². The molecule has 7 nitrogen and oxygen atoms in total. The SMILES string of the molecule is C=CCCC(=O)OC[C@H](NC(=O)[C@@H](CC=C)CC(=O)N[C@H](CO)Cc1ccccc1)c1ccccc1. The van der Waals surface area contributed by atoms with Crippen molar-refractivity contribution < 1.29 is 24.2 Å². The number of nitrogens with one attached hydrogen (secondary N) is 2. The molecule has 3 N–H and O–H groups in total. The zero-order chi connectivity index (χ0) is 26.2. The van der Waals surface area contributed by atoms with Gasteiger partial charge >= 0.3 is 5.97 Å². The second-order valence-electron chi connectivity index (χ2n) is 8.54. The molecule has 0 unspecified atom stereocenters. The average Bonchev–Trinajstić information content (AvgIpc) is 2.90. The highest BCUT2D eigenvalue weighted by Crippen LogP contribution is 2.17. The van der Waals surface area contributed by atoms with Crippen LogP contribution in [0.3, 0.4) is 0 Å². The van der Waals surface area contributed by atoms with Gasteiger partial charge < -0.3 is 20.5 Å². The third-order valence-electron chi connectivity index (χ3n) is 5.65. The van der Waals surface area contributed by atoms with Crippen LogP contribution in [-0.2, 0) is 25.5 Å². The number of hydrogen-bond donors (Lipinski definition) is 3. The van der Waals surface area contributed by atoms with Crippen molar-refractivity contribution in [3.63, 3.8) is 0 Å². The first-order chi connectivity index (χ1) is 17.5. The fraction of sp³-hybridized carbons (Fsp3) is 0.345. The Bertz CT molecular complexity index is 978. The normalized spacial score (nSPS) is 13.0. The standard InChI is InChI=1S/C29H36N2O5/c1-3-5-17-28(34)36-21-26(23-15-10-7-11-16-23)31-29(35)24(12-4-2)19-27(33)30-25(20-32)18-22-13-8-6-9-14-22/h3-4,6-11,13-16,24-26,32H,1-2,5,12,17-21H2,(H,30,33)(H,31,35)/t24-,25-,26-/m0/s1. The minimum absolute atomic E-state index is 0.0254. The van der Waals surface area contributed by atoms with Gasteiger partial charge in [0.25, 0.3) is 0 Å². The van der Waals surface area contributed by atoms with Crippen LogP contribution < -0.4 is 10.6 Å². The molecule has 0 bridgehead atoms. The molecule has 3 atom stereocenters. The van der Waals surface area contributed by atoms with Crippen molar-refractivity contribution in [2.45, 2.75) is 44.2 Å². The van der Waals surface area contributed by atoms with Crippen LogP contribution >= 0.6 is 0 Å². The topological polar surface area (TPSA) is 105 Å². The second kappa shape index (κ2) is 16.1. The fourth-order valence-corrected chi connectivity index (χ4v) is 3.72. The lowest BCUT2D eigenvalue weighted by molar-refractivity contribution is -0.145. The molecule has 2 rings (SSSR count). The summed E-state index contributed by atoms with van der Waals surface area (Å²) >= 11 is 0. The molecule has 2 aromatic rings. The highest BCUT2D eigenvalue weighted by atomic mass is 16.5. The van der Waals surface area contributed by atoms with Crippen LogP contribution in [0.2, 0.25) is 0 Å². The molecule has 2 amide bonds. The predicted octanol–water partition coefficient (Wildman–Crippen LogP) is 3.66. The molecule has 0 saturated carbocycles. The van der Waals surface area contributed by atoms with Gasteiger partial charge in [-0.2, -0.15) is 0 Å². The number of benzene rings is 2. The third kappa shape index (κ3) is 10.3. The third-order valence-corrected chi connectivity index (χ3v) is 5.65. The average molecular weight is 493 g/mol. The van der Waals surface area contributed by atoms with E-state index in [2.05, 4.69) is 23.8 Å². The zero-order valence-electron chi connectivity index (χ0n) is 20.6. The van der Waals surface area contributed by atoms with Gasteiger partial charge in [-0.05, 0) is 30.4 Å². The van der Waals surface area contributed by atoms with E-state index in [4.69, 9.17) is 4.74 Å². The Hall–Kier alpha value is -3.71. The molecule has 0 heterocycles. The number of amides is 2. The van der Waals surface area contributed by atoms with E-state index >= 15 is 0 Å². The van der Waals surface area contributed by atoms with E-state index in [1.807, 2.05) is 60.7 Å². The van der Waals surface area contributed by atoms with Gasteiger partial charge in [-0.25, -0.2) is 0 Å². The van der Waals surface area contributed by atoms with E-state index in [9.17, 15) is 19.5 Å². The number of aliphatic hydroxyl groups is 1. The van der Waals surface area contributed by atoms with E-state index in [0.717, 1.165) is 11.1 Å². The summed E-state index contributed by atoms with van der Waals surface area (Å²) in [5.74, 6) is -1.72. The van der Waals surface area contributed by atoms with Crippen LogP contribution in [0.25, 0.3) is 0 Å². The van der Waals surface area contributed by atoms with Gasteiger partial charge in [0.2, 0.25) is 11.8 Å². The van der Waals surface area contributed by atoms with E-state index in [0.29, 0.717) is 19.3 Å². The molecule has 0 spiro atoms. The summed E-state index contributed by atoms with van der Waals surface area (Å²) < 4.78 is 5.38. The van der Waals surface area contributed by atoms with Crippen molar-refractivity contribution in [2.24, 2.45) is 5.92 Å². The molecule has 36 heavy (non-hydrogen) atoms. The number of allylic oxidation sites excluding steroid dienone is 2. The molecular formula is C29H36N2O5. The Kier molecular flexibility index (Phi) is 12.7. The number of carbonyl (C=O) groups excluding carboxylic acids is 3. The maximum atomic E-state index is 13.2. The van der Waals surface area contributed by atoms with Gasteiger partial charge in [-0.3, -0.25) is 14.4 Å². The number of carbonyl (C=O) groups is 3. The minimum atomic E-state index is -0.666. The van der Waals surface area contributed by atoms with Gasteiger partial charge in [-0.15, -0.1) is 13.2 Å². The van der Waals surface area contributed by atoms with Crippen molar-refractivity contribution in [1.82, 2.24) is 10.6 Å². The smallest absolute Gasteiger partial charge is 0.306 e. The Morgan fingerprint density at radius 2 is 1.61 bits per heavy atom. The number of hydrogen-bond acceptors (Lipinski definition) is 5. The first kappa shape index (κ1) is 28.5. The van der Waals surface area contributed by atoms with Crippen LogP contribution in [0.4, 0.5) is 0 Å².